The molecule has 1 fully saturated rings. The predicted molar refractivity (Wildman–Crippen MR) is 117 cm³/mol. The Morgan fingerprint density at radius 2 is 1.67 bits per heavy atom. The molecule has 1 aliphatic heterocycles. The zero-order valence-corrected chi connectivity index (χ0v) is 17.2. The highest BCUT2D eigenvalue weighted by Crippen LogP contribution is 2.20. The molecule has 4 rings (SSSR count). The van der Waals surface area contributed by atoms with E-state index in [9.17, 15) is 9.59 Å². The summed E-state index contributed by atoms with van der Waals surface area (Å²) in [5, 5.41) is 4.21. The minimum Gasteiger partial charge on any atom is -0.341 e. The quantitative estimate of drug-likeness (QED) is 0.652. The van der Waals surface area contributed by atoms with Crippen LogP contribution in [0.5, 0.6) is 0 Å². The minimum atomic E-state index is -0.184. The summed E-state index contributed by atoms with van der Waals surface area (Å²) in [5.41, 5.74) is 3.25. The number of aryl methyl sites for hydroxylation is 1. The van der Waals surface area contributed by atoms with Gasteiger partial charge in [-0.25, -0.2) is 4.68 Å². The fraction of sp³-hybridized carbons (Fsp3) is 0.292. The molecule has 0 spiro atoms. The highest BCUT2D eigenvalue weighted by molar-refractivity contribution is 6.08. The van der Waals surface area contributed by atoms with E-state index in [0.29, 0.717) is 5.56 Å². The van der Waals surface area contributed by atoms with E-state index in [1.807, 2.05) is 60.5 Å². The number of hydrogen-bond acceptors (Lipinski definition) is 3. The predicted octanol–water partition coefficient (Wildman–Crippen LogP) is 3.84. The van der Waals surface area contributed by atoms with Crippen molar-refractivity contribution in [2.45, 2.75) is 26.2 Å². The Morgan fingerprint density at radius 3 is 2.30 bits per heavy atom. The largest absolute Gasteiger partial charge is 0.341 e. The first-order valence-corrected chi connectivity index (χ1v) is 10.4. The Hall–Kier alpha value is -3.41. The maximum absolute atomic E-state index is 13.4. The van der Waals surface area contributed by atoms with Gasteiger partial charge in [0.2, 0.25) is 5.91 Å². The van der Waals surface area contributed by atoms with Gasteiger partial charge in [-0.2, -0.15) is 5.10 Å². The Bertz CT molecular complexity index is 989. The van der Waals surface area contributed by atoms with Gasteiger partial charge < -0.3 is 4.90 Å². The topological polar surface area (TPSA) is 58.4 Å². The van der Waals surface area contributed by atoms with Gasteiger partial charge >= 0.3 is 0 Å². The fourth-order valence-corrected chi connectivity index (χ4v) is 3.72. The van der Waals surface area contributed by atoms with Crippen LogP contribution in [0, 0.1) is 6.92 Å². The van der Waals surface area contributed by atoms with Gasteiger partial charge in [0.15, 0.2) is 0 Å². The van der Waals surface area contributed by atoms with Crippen molar-refractivity contribution in [3.63, 3.8) is 0 Å². The van der Waals surface area contributed by atoms with Gasteiger partial charge in [0.1, 0.15) is 6.54 Å². The van der Waals surface area contributed by atoms with Crippen LogP contribution >= 0.6 is 0 Å². The number of rotatable bonds is 5. The van der Waals surface area contributed by atoms with Gasteiger partial charge in [0, 0.05) is 36.7 Å². The van der Waals surface area contributed by atoms with E-state index in [2.05, 4.69) is 5.10 Å². The number of nitrogens with zero attached hydrogens (tertiary/aromatic N) is 4. The second-order valence-electron chi connectivity index (χ2n) is 7.67. The zero-order valence-electron chi connectivity index (χ0n) is 17.2. The van der Waals surface area contributed by atoms with E-state index >= 15 is 0 Å². The van der Waals surface area contributed by atoms with E-state index in [1.54, 1.807) is 27.9 Å². The third-order valence-corrected chi connectivity index (χ3v) is 5.48. The summed E-state index contributed by atoms with van der Waals surface area (Å²) in [6.45, 7) is 3.59. The summed E-state index contributed by atoms with van der Waals surface area (Å²) in [7, 11) is 0. The number of benzene rings is 2. The summed E-state index contributed by atoms with van der Waals surface area (Å²) in [6.07, 6.45) is 6.78. The van der Waals surface area contributed by atoms with E-state index < -0.39 is 0 Å². The number of piperidine rings is 1. The van der Waals surface area contributed by atoms with Crippen molar-refractivity contribution >= 4 is 17.5 Å². The molecule has 3 aromatic rings. The molecule has 2 amide bonds. The van der Waals surface area contributed by atoms with Crippen molar-refractivity contribution < 1.29 is 9.59 Å². The van der Waals surface area contributed by atoms with Crippen LogP contribution in [0.3, 0.4) is 0 Å². The number of amides is 2. The second kappa shape index (κ2) is 8.95. The minimum absolute atomic E-state index is 0.00298. The molecule has 0 saturated carbocycles. The summed E-state index contributed by atoms with van der Waals surface area (Å²) in [6, 6.07) is 16.9. The average Bonchev–Trinajstić information content (AvgIpc) is 3.33. The summed E-state index contributed by atoms with van der Waals surface area (Å²) >= 11 is 0. The van der Waals surface area contributed by atoms with Crippen molar-refractivity contribution in [3.8, 4) is 5.69 Å². The highest BCUT2D eigenvalue weighted by Gasteiger charge is 2.24. The first-order chi connectivity index (χ1) is 14.6. The smallest absolute Gasteiger partial charge is 0.258 e. The molecule has 1 saturated heterocycles. The molecule has 0 atom stereocenters. The maximum atomic E-state index is 13.4. The number of likely N-dealkylation sites (tertiary alicyclic amines) is 1. The molecule has 0 N–H and O–H groups in total. The lowest BCUT2D eigenvalue weighted by Gasteiger charge is -2.30. The lowest BCUT2D eigenvalue weighted by atomic mass is 10.1. The molecule has 0 radical (unpaired) electrons. The molecule has 2 heterocycles. The van der Waals surface area contributed by atoms with Gasteiger partial charge in [0.25, 0.3) is 5.91 Å². The molecule has 1 aliphatic rings. The molecular weight excluding hydrogens is 376 g/mol. The van der Waals surface area contributed by atoms with Crippen LogP contribution in [0.4, 0.5) is 5.69 Å². The molecule has 0 bridgehead atoms. The van der Waals surface area contributed by atoms with Crippen LogP contribution in [0.2, 0.25) is 0 Å². The molecular formula is C24H26N4O2. The number of carbonyl (C=O) groups is 2. The maximum Gasteiger partial charge on any atom is 0.258 e. The normalized spacial score (nSPS) is 13.8. The van der Waals surface area contributed by atoms with Crippen LogP contribution in [0.1, 0.15) is 35.2 Å². The van der Waals surface area contributed by atoms with Crippen LogP contribution in [0.25, 0.3) is 5.69 Å². The third-order valence-electron chi connectivity index (χ3n) is 5.48. The van der Waals surface area contributed by atoms with Crippen LogP contribution in [-0.4, -0.2) is 46.1 Å². The number of aromatic nitrogens is 2. The SMILES string of the molecule is Cc1ccc(N(CC(=O)N2CCCCC2)C(=O)c2ccc(-n3cccn3)cc2)cc1. The Morgan fingerprint density at radius 1 is 0.967 bits per heavy atom. The van der Waals surface area contributed by atoms with Gasteiger partial charge in [0.05, 0.1) is 5.69 Å². The third kappa shape index (κ3) is 4.43. The average molecular weight is 402 g/mol. The van der Waals surface area contributed by atoms with Gasteiger partial charge in [-0.1, -0.05) is 17.7 Å². The number of anilines is 1. The molecule has 2 aromatic carbocycles. The summed E-state index contributed by atoms with van der Waals surface area (Å²) in [4.78, 5) is 29.8. The van der Waals surface area contributed by atoms with E-state index in [4.69, 9.17) is 0 Å². The Kier molecular flexibility index (Phi) is 5.93. The Balaban J connectivity index is 1.58. The molecule has 0 aliphatic carbocycles. The van der Waals surface area contributed by atoms with Gasteiger partial charge in [-0.15, -0.1) is 0 Å². The second-order valence-corrected chi connectivity index (χ2v) is 7.67. The standard InChI is InChI=1S/C24H26N4O2/c1-19-6-10-21(11-7-19)27(18-23(29)26-15-3-2-4-16-26)24(30)20-8-12-22(13-9-20)28-17-5-14-25-28/h5-14,17H,2-4,15-16,18H2,1H3. The fourth-order valence-electron chi connectivity index (χ4n) is 3.72. The van der Waals surface area contributed by atoms with Crippen LogP contribution in [-0.2, 0) is 4.79 Å². The number of hydrogen-bond donors (Lipinski definition) is 0. The summed E-state index contributed by atoms with van der Waals surface area (Å²) < 4.78 is 1.74. The van der Waals surface area contributed by atoms with Gasteiger partial charge in [-0.05, 0) is 68.7 Å². The molecule has 6 heteroatoms. The Labute approximate surface area is 176 Å². The molecule has 154 valence electrons. The van der Waals surface area contributed by atoms with Crippen molar-refractivity contribution in [2.75, 3.05) is 24.5 Å². The van der Waals surface area contributed by atoms with Crippen molar-refractivity contribution in [3.05, 3.63) is 78.1 Å². The van der Waals surface area contributed by atoms with Crippen molar-refractivity contribution in [2.24, 2.45) is 0 Å². The summed E-state index contributed by atoms with van der Waals surface area (Å²) in [5.74, 6) is -0.187. The zero-order chi connectivity index (χ0) is 20.9. The van der Waals surface area contributed by atoms with Gasteiger partial charge in [-0.3, -0.25) is 14.5 Å². The van der Waals surface area contributed by atoms with Crippen LogP contribution in [0.15, 0.2) is 67.0 Å². The highest BCUT2D eigenvalue weighted by atomic mass is 16.2. The monoisotopic (exact) mass is 402 g/mol. The lowest BCUT2D eigenvalue weighted by Crippen LogP contribution is -2.45. The molecule has 6 nitrogen and oxygen atoms in total. The molecule has 0 unspecified atom stereocenters. The van der Waals surface area contributed by atoms with E-state index in [0.717, 1.165) is 49.3 Å². The van der Waals surface area contributed by atoms with Crippen molar-refractivity contribution in [1.29, 1.82) is 0 Å². The lowest BCUT2D eigenvalue weighted by molar-refractivity contribution is -0.130. The van der Waals surface area contributed by atoms with E-state index in [-0.39, 0.29) is 18.4 Å². The molecule has 1 aromatic heterocycles. The van der Waals surface area contributed by atoms with E-state index in [1.165, 1.54) is 0 Å². The number of carbonyl (C=O) groups excluding carboxylic acids is 2. The van der Waals surface area contributed by atoms with Crippen LogP contribution < -0.4 is 4.90 Å². The first kappa shape index (κ1) is 19.9. The van der Waals surface area contributed by atoms with Crippen molar-refractivity contribution in [1.82, 2.24) is 14.7 Å². The first-order valence-electron chi connectivity index (χ1n) is 10.4. The molecule has 30 heavy (non-hydrogen) atoms.